The fourth-order valence-electron chi connectivity index (χ4n) is 2.01. The minimum absolute atomic E-state index is 0.194. The van der Waals surface area contributed by atoms with E-state index in [0.29, 0.717) is 12.2 Å². The summed E-state index contributed by atoms with van der Waals surface area (Å²) in [6.07, 6.45) is 1.78. The number of rotatable bonds is 4. The van der Waals surface area contributed by atoms with Crippen molar-refractivity contribution in [2.24, 2.45) is 5.73 Å². The number of hydrogen-bond donors (Lipinski definition) is 1. The van der Waals surface area contributed by atoms with E-state index in [4.69, 9.17) is 5.73 Å². The molecule has 0 aromatic heterocycles. The zero-order valence-electron chi connectivity index (χ0n) is 11.7. The lowest BCUT2D eigenvalue weighted by Gasteiger charge is -2.39. The summed E-state index contributed by atoms with van der Waals surface area (Å²) in [7, 11) is 0. The summed E-state index contributed by atoms with van der Waals surface area (Å²) in [5, 5.41) is 0. The van der Waals surface area contributed by atoms with Crippen molar-refractivity contribution in [1.82, 2.24) is 0 Å². The molecule has 0 amide bonds. The van der Waals surface area contributed by atoms with Gasteiger partial charge in [0.05, 0.1) is 5.69 Å². The SMILES string of the molecule is C=CCN(c1c(F)cccc1[C@@H](C)N)C(C)(C)C. The van der Waals surface area contributed by atoms with Gasteiger partial charge in [-0.15, -0.1) is 6.58 Å². The van der Waals surface area contributed by atoms with Gasteiger partial charge in [-0.1, -0.05) is 18.2 Å². The van der Waals surface area contributed by atoms with Crippen molar-refractivity contribution in [3.63, 3.8) is 0 Å². The fraction of sp³-hybridized carbons (Fsp3) is 0.467. The lowest BCUT2D eigenvalue weighted by Crippen LogP contribution is -2.43. The Kier molecular flexibility index (Phi) is 4.52. The van der Waals surface area contributed by atoms with Crippen LogP contribution in [0.2, 0.25) is 0 Å². The molecule has 0 aliphatic heterocycles. The highest BCUT2D eigenvalue weighted by Crippen LogP contribution is 2.32. The molecule has 1 rings (SSSR count). The van der Waals surface area contributed by atoms with E-state index in [-0.39, 0.29) is 17.4 Å². The molecule has 2 nitrogen and oxygen atoms in total. The van der Waals surface area contributed by atoms with Crippen molar-refractivity contribution < 1.29 is 4.39 Å². The highest BCUT2D eigenvalue weighted by atomic mass is 19.1. The van der Waals surface area contributed by atoms with Crippen LogP contribution in [0.25, 0.3) is 0 Å². The van der Waals surface area contributed by atoms with Crippen molar-refractivity contribution in [3.05, 3.63) is 42.2 Å². The maximum atomic E-state index is 14.2. The van der Waals surface area contributed by atoms with Crippen LogP contribution in [0.3, 0.4) is 0 Å². The van der Waals surface area contributed by atoms with E-state index in [0.717, 1.165) is 5.56 Å². The van der Waals surface area contributed by atoms with Crippen LogP contribution in [0, 0.1) is 5.82 Å². The van der Waals surface area contributed by atoms with Crippen LogP contribution in [-0.2, 0) is 0 Å². The molecule has 18 heavy (non-hydrogen) atoms. The number of nitrogens with two attached hydrogens (primary N) is 1. The standard InChI is InChI=1S/C15H23FN2/c1-6-10-18(15(3,4)5)14-12(11(2)17)8-7-9-13(14)16/h6-9,11H,1,10,17H2,2-5H3/t11-/m1/s1. The minimum Gasteiger partial charge on any atom is -0.360 e. The Bertz CT molecular complexity index is 419. The van der Waals surface area contributed by atoms with E-state index >= 15 is 0 Å². The van der Waals surface area contributed by atoms with Crippen LogP contribution in [0.15, 0.2) is 30.9 Å². The Labute approximate surface area is 109 Å². The van der Waals surface area contributed by atoms with E-state index in [1.54, 1.807) is 12.1 Å². The highest BCUT2D eigenvalue weighted by Gasteiger charge is 2.26. The van der Waals surface area contributed by atoms with Crippen molar-refractivity contribution in [2.45, 2.75) is 39.3 Å². The third-order valence-electron chi connectivity index (χ3n) is 2.90. The van der Waals surface area contributed by atoms with Crippen LogP contribution in [0.1, 0.15) is 39.3 Å². The molecule has 100 valence electrons. The molecule has 0 radical (unpaired) electrons. The van der Waals surface area contributed by atoms with Crippen LogP contribution >= 0.6 is 0 Å². The average molecular weight is 250 g/mol. The molecule has 0 bridgehead atoms. The van der Waals surface area contributed by atoms with E-state index in [1.807, 2.05) is 38.7 Å². The van der Waals surface area contributed by atoms with Crippen LogP contribution in [0.5, 0.6) is 0 Å². The van der Waals surface area contributed by atoms with Gasteiger partial charge in [0.2, 0.25) is 0 Å². The van der Waals surface area contributed by atoms with E-state index in [9.17, 15) is 4.39 Å². The zero-order chi connectivity index (χ0) is 13.9. The Hall–Kier alpha value is -1.35. The zero-order valence-corrected chi connectivity index (χ0v) is 11.7. The van der Waals surface area contributed by atoms with Gasteiger partial charge >= 0.3 is 0 Å². The predicted molar refractivity (Wildman–Crippen MR) is 76.3 cm³/mol. The molecular weight excluding hydrogens is 227 g/mol. The van der Waals surface area contributed by atoms with Gasteiger partial charge in [0.15, 0.2) is 0 Å². The molecule has 0 spiro atoms. The monoisotopic (exact) mass is 250 g/mol. The maximum absolute atomic E-state index is 14.2. The summed E-state index contributed by atoms with van der Waals surface area (Å²) < 4.78 is 14.2. The third kappa shape index (κ3) is 3.10. The average Bonchev–Trinajstić information content (AvgIpc) is 2.24. The van der Waals surface area contributed by atoms with Gasteiger partial charge < -0.3 is 10.6 Å². The van der Waals surface area contributed by atoms with Crippen LogP contribution in [0.4, 0.5) is 10.1 Å². The smallest absolute Gasteiger partial charge is 0.146 e. The molecule has 1 aromatic rings. The maximum Gasteiger partial charge on any atom is 0.146 e. The summed E-state index contributed by atoms with van der Waals surface area (Å²) in [4.78, 5) is 1.99. The van der Waals surface area contributed by atoms with Gasteiger partial charge in [-0.3, -0.25) is 0 Å². The van der Waals surface area contributed by atoms with Crippen molar-refractivity contribution in [1.29, 1.82) is 0 Å². The molecule has 3 heteroatoms. The lowest BCUT2D eigenvalue weighted by atomic mass is 9.99. The molecule has 0 aliphatic rings. The second-order valence-electron chi connectivity index (χ2n) is 5.54. The highest BCUT2D eigenvalue weighted by molar-refractivity contribution is 5.58. The Balaban J connectivity index is 3.39. The second kappa shape index (κ2) is 5.53. The summed E-state index contributed by atoms with van der Waals surface area (Å²) in [5.74, 6) is -0.235. The molecule has 0 saturated heterocycles. The minimum atomic E-state index is -0.235. The molecule has 2 N–H and O–H groups in total. The first-order chi connectivity index (χ1) is 8.29. The number of anilines is 1. The number of hydrogen-bond acceptors (Lipinski definition) is 2. The van der Waals surface area contributed by atoms with E-state index < -0.39 is 0 Å². The van der Waals surface area contributed by atoms with Gasteiger partial charge in [0.1, 0.15) is 5.82 Å². The van der Waals surface area contributed by atoms with Gasteiger partial charge in [-0.25, -0.2) is 4.39 Å². The van der Waals surface area contributed by atoms with Crippen molar-refractivity contribution in [3.8, 4) is 0 Å². The predicted octanol–water partition coefficient (Wildman–Crippen LogP) is 3.64. The third-order valence-corrected chi connectivity index (χ3v) is 2.90. The molecule has 0 unspecified atom stereocenters. The topological polar surface area (TPSA) is 29.3 Å². The second-order valence-corrected chi connectivity index (χ2v) is 5.54. The van der Waals surface area contributed by atoms with E-state index in [1.165, 1.54) is 6.07 Å². The van der Waals surface area contributed by atoms with Gasteiger partial charge in [0.25, 0.3) is 0 Å². The largest absolute Gasteiger partial charge is 0.360 e. The molecule has 1 atom stereocenters. The van der Waals surface area contributed by atoms with Gasteiger partial charge in [0, 0.05) is 18.1 Å². The Morgan fingerprint density at radius 2 is 2.06 bits per heavy atom. The fourth-order valence-corrected chi connectivity index (χ4v) is 2.01. The van der Waals surface area contributed by atoms with Gasteiger partial charge in [-0.05, 0) is 39.3 Å². The quantitative estimate of drug-likeness (QED) is 0.827. The number of halogens is 1. The molecule has 0 fully saturated rings. The van der Waals surface area contributed by atoms with Gasteiger partial charge in [-0.2, -0.15) is 0 Å². The number of benzene rings is 1. The lowest BCUT2D eigenvalue weighted by molar-refractivity contribution is 0.503. The first-order valence-electron chi connectivity index (χ1n) is 6.21. The molecule has 0 saturated carbocycles. The molecule has 0 aliphatic carbocycles. The van der Waals surface area contributed by atoms with Crippen LogP contribution < -0.4 is 10.6 Å². The molecule has 1 aromatic carbocycles. The first kappa shape index (κ1) is 14.7. The first-order valence-corrected chi connectivity index (χ1v) is 6.21. The van der Waals surface area contributed by atoms with Crippen molar-refractivity contribution >= 4 is 5.69 Å². The van der Waals surface area contributed by atoms with E-state index in [2.05, 4.69) is 6.58 Å². The summed E-state index contributed by atoms with van der Waals surface area (Å²) in [6, 6.07) is 4.85. The number of nitrogens with zero attached hydrogens (tertiary/aromatic N) is 1. The summed E-state index contributed by atoms with van der Waals surface area (Å²) in [6.45, 7) is 12.4. The Morgan fingerprint density at radius 1 is 1.44 bits per heavy atom. The van der Waals surface area contributed by atoms with Crippen molar-refractivity contribution in [2.75, 3.05) is 11.4 Å². The summed E-state index contributed by atoms with van der Waals surface area (Å²) >= 11 is 0. The molecule has 0 heterocycles. The Morgan fingerprint density at radius 3 is 2.50 bits per heavy atom. The van der Waals surface area contributed by atoms with Crippen LogP contribution in [-0.4, -0.2) is 12.1 Å². The number of para-hydroxylation sites is 1. The molecular formula is C15H23FN2. The normalized spacial score (nSPS) is 13.2. The summed E-state index contributed by atoms with van der Waals surface area (Å²) in [5.41, 5.74) is 7.16.